The Morgan fingerprint density at radius 3 is 2.47 bits per heavy atom. The molecule has 7 heterocycles. The number of nitrogens with one attached hydrogen (secondary N) is 3. The molecule has 0 radical (unpaired) electrons. The molecule has 336 valence electrons. The zero-order valence-corrected chi connectivity index (χ0v) is 35.5. The van der Waals surface area contributed by atoms with E-state index in [4.69, 9.17) is 9.15 Å². The molecule has 3 atom stereocenters. The molecule has 2 unspecified atom stereocenters. The number of fused-ring (bicyclic) bond motifs is 4. The highest BCUT2D eigenvalue weighted by atomic mass is 19.3. The van der Waals surface area contributed by atoms with Crippen LogP contribution >= 0.6 is 0 Å². The van der Waals surface area contributed by atoms with Crippen LogP contribution in [0.1, 0.15) is 120 Å². The smallest absolute Gasteiger partial charge is 0.284 e. The number of benzene rings is 2. The summed E-state index contributed by atoms with van der Waals surface area (Å²) in [6.07, 6.45) is 8.12. The Labute approximate surface area is 368 Å². The molecule has 5 aliphatic heterocycles. The Morgan fingerprint density at radius 1 is 0.938 bits per heavy atom. The third-order valence-electron chi connectivity index (χ3n) is 15.3. The number of alkyl halides is 2. The predicted molar refractivity (Wildman–Crippen MR) is 230 cm³/mol. The first-order valence-electron chi connectivity index (χ1n) is 22.9. The van der Waals surface area contributed by atoms with Gasteiger partial charge >= 0.3 is 0 Å². The second-order valence-corrected chi connectivity index (χ2v) is 19.3. The molecule has 2 aromatic carbocycles. The number of amides is 5. The predicted octanol–water partition coefficient (Wildman–Crippen LogP) is 6.53. The number of furan rings is 1. The normalized spacial score (nSPS) is 26.9. The lowest BCUT2D eigenvalue weighted by atomic mass is 9.57. The number of hydrogen-bond acceptors (Lipinski definition) is 11. The van der Waals surface area contributed by atoms with Crippen LogP contribution in [0.5, 0.6) is 0 Å². The minimum atomic E-state index is -2.85. The average Bonchev–Trinajstić information content (AvgIpc) is 4.13. The van der Waals surface area contributed by atoms with Gasteiger partial charge in [-0.25, -0.2) is 8.78 Å². The van der Waals surface area contributed by atoms with Crippen LogP contribution in [0.2, 0.25) is 0 Å². The van der Waals surface area contributed by atoms with Gasteiger partial charge in [0.05, 0.1) is 47.2 Å². The quantitative estimate of drug-likeness (QED) is 0.140. The lowest BCUT2D eigenvalue weighted by Crippen LogP contribution is -2.54. The lowest BCUT2D eigenvalue weighted by molar-refractivity contribution is -0.136. The van der Waals surface area contributed by atoms with Crippen LogP contribution in [0.25, 0.3) is 11.0 Å². The number of piperidine rings is 2. The van der Waals surface area contributed by atoms with Gasteiger partial charge in [0.25, 0.3) is 24.1 Å². The first kappa shape index (κ1) is 41.1. The number of anilines is 3. The third kappa shape index (κ3) is 7.33. The number of aromatic nitrogens is 2. The first-order chi connectivity index (χ1) is 31.0. The number of para-hydroxylation sites is 1. The second-order valence-electron chi connectivity index (χ2n) is 19.3. The van der Waals surface area contributed by atoms with E-state index in [1.54, 1.807) is 41.2 Å². The van der Waals surface area contributed by atoms with Gasteiger partial charge in [-0.15, -0.1) is 0 Å². The van der Waals surface area contributed by atoms with Gasteiger partial charge in [-0.1, -0.05) is 18.2 Å². The minimum Gasteiger partial charge on any atom is -0.440 e. The van der Waals surface area contributed by atoms with E-state index >= 15 is 0 Å². The van der Waals surface area contributed by atoms with Crippen LogP contribution in [-0.4, -0.2) is 107 Å². The Hall–Kier alpha value is -5.68. The summed E-state index contributed by atoms with van der Waals surface area (Å²) in [6, 6.07) is 11.6. The van der Waals surface area contributed by atoms with Gasteiger partial charge in [0.1, 0.15) is 11.6 Å². The van der Waals surface area contributed by atoms with Crippen molar-refractivity contribution in [3.05, 3.63) is 71.0 Å². The van der Waals surface area contributed by atoms with Gasteiger partial charge in [0, 0.05) is 49.4 Å². The van der Waals surface area contributed by atoms with E-state index in [0.717, 1.165) is 94.3 Å². The van der Waals surface area contributed by atoms with E-state index in [-0.39, 0.29) is 47.8 Å². The van der Waals surface area contributed by atoms with Crippen LogP contribution < -0.4 is 20.9 Å². The molecule has 2 saturated carbocycles. The van der Waals surface area contributed by atoms with E-state index < -0.39 is 47.7 Å². The summed E-state index contributed by atoms with van der Waals surface area (Å²) in [6.45, 7) is 5.17. The van der Waals surface area contributed by atoms with Crippen molar-refractivity contribution in [2.45, 2.75) is 101 Å². The fourth-order valence-electron chi connectivity index (χ4n) is 11.9. The highest BCUT2D eigenvalue weighted by Crippen LogP contribution is 2.53. The molecule has 64 heavy (non-hydrogen) atoms. The van der Waals surface area contributed by atoms with Crippen molar-refractivity contribution < 1.29 is 41.9 Å². The molecule has 5 amide bonds. The summed E-state index contributed by atoms with van der Waals surface area (Å²) < 4.78 is 42.3. The first-order valence-corrected chi connectivity index (χ1v) is 22.9. The van der Waals surface area contributed by atoms with Crippen molar-refractivity contribution in [2.75, 3.05) is 54.9 Å². The van der Waals surface area contributed by atoms with Crippen LogP contribution in [-0.2, 0) is 14.3 Å². The molecular formula is C47H52F2N8O7. The summed E-state index contributed by atoms with van der Waals surface area (Å²) in [5.74, 6) is -0.906. The molecule has 2 aliphatic carbocycles. The maximum absolute atomic E-state index is 14.3. The number of halogens is 2. The second kappa shape index (κ2) is 16.1. The van der Waals surface area contributed by atoms with E-state index in [1.165, 1.54) is 0 Å². The molecule has 2 aromatic heterocycles. The number of carbonyl (C=O) groups excluding carboxylic acids is 5. The Kier molecular flexibility index (Phi) is 10.3. The van der Waals surface area contributed by atoms with Crippen LogP contribution in [0.4, 0.5) is 26.0 Å². The zero-order valence-electron chi connectivity index (χ0n) is 35.5. The maximum Gasteiger partial charge on any atom is 0.284 e. The number of likely N-dealkylation sites (tertiary alicyclic amines) is 1. The molecule has 4 saturated heterocycles. The summed E-state index contributed by atoms with van der Waals surface area (Å²) in [7, 11) is 0. The van der Waals surface area contributed by atoms with Crippen LogP contribution in [0, 0.1) is 17.3 Å². The van der Waals surface area contributed by atoms with Crippen molar-refractivity contribution in [3.63, 3.8) is 0 Å². The molecule has 2 bridgehead atoms. The standard InChI is InChI=1S/C47H52F2N8O7/c48-42(49)40-35(51-43(59)33-5-1-3-28-17-38(64-41(28)33)55-23-31-18-30(55)25-63-31)24-56(53-40)29-9-7-26(8-10-29)22-54-15-13-47(14-16-54)19-27(20-47)21-50-34-6-2-4-32-39(34)46(62)57(45(32)61)36-11-12-37(58)52-44(36)60/h1-6,17,24,26-27,29-31,36,42,50H,7-16,18-23,25H2,(H,51,59)(H,52,58,60)/t26-,29-,30?,31-,36?/m1/s1. The SMILES string of the molecule is O=C1CCC(N2C(=O)c3cccc(NCC4CC5(CCN(C[C@H]6CC[C@H](n7cc(NC(=O)c8cccc9cc(N%10C[C@H]%11CC%10CO%11)oc89)c(C(F)F)n7)CC6)CC5)C4)c3C2=O)C(=O)N1. The molecule has 1 spiro atoms. The van der Waals surface area contributed by atoms with E-state index in [2.05, 4.69) is 30.8 Å². The third-order valence-corrected chi connectivity index (χ3v) is 15.3. The molecule has 3 N–H and O–H groups in total. The van der Waals surface area contributed by atoms with Crippen molar-refractivity contribution in [2.24, 2.45) is 17.3 Å². The number of carbonyl (C=O) groups is 5. The summed E-state index contributed by atoms with van der Waals surface area (Å²) in [4.78, 5) is 70.3. The Balaban J connectivity index is 0.646. The largest absolute Gasteiger partial charge is 0.440 e. The molecular weight excluding hydrogens is 827 g/mol. The number of imide groups is 2. The maximum atomic E-state index is 14.3. The minimum absolute atomic E-state index is 0.0182. The van der Waals surface area contributed by atoms with Crippen molar-refractivity contribution in [3.8, 4) is 0 Å². The van der Waals surface area contributed by atoms with E-state index in [0.29, 0.717) is 53.1 Å². The van der Waals surface area contributed by atoms with E-state index in [1.807, 2.05) is 12.1 Å². The number of rotatable bonds is 11. The monoisotopic (exact) mass is 878 g/mol. The topological polar surface area (TPSA) is 171 Å². The number of ether oxygens (including phenoxy) is 1. The van der Waals surface area contributed by atoms with Gasteiger partial charge in [-0.3, -0.25) is 38.9 Å². The summed E-state index contributed by atoms with van der Waals surface area (Å²) >= 11 is 0. The fourth-order valence-corrected chi connectivity index (χ4v) is 11.9. The zero-order chi connectivity index (χ0) is 43.9. The molecule has 17 heteroatoms. The summed E-state index contributed by atoms with van der Waals surface area (Å²) in [5.41, 5.74) is 1.77. The molecule has 11 rings (SSSR count). The average molecular weight is 879 g/mol. The fraction of sp³-hybridized carbons (Fsp3) is 0.532. The Bertz CT molecular complexity index is 2530. The molecule has 6 fully saturated rings. The Morgan fingerprint density at radius 2 is 1.73 bits per heavy atom. The van der Waals surface area contributed by atoms with E-state index in [9.17, 15) is 32.8 Å². The number of morpholine rings is 1. The van der Waals surface area contributed by atoms with Crippen molar-refractivity contribution in [1.82, 2.24) is 24.9 Å². The lowest BCUT2D eigenvalue weighted by Gasteiger charge is -2.53. The number of hydrogen-bond donors (Lipinski definition) is 3. The summed E-state index contributed by atoms with van der Waals surface area (Å²) in [5, 5.41) is 13.5. The van der Waals surface area contributed by atoms with Crippen LogP contribution in [0.15, 0.2) is 53.1 Å². The molecule has 4 aromatic rings. The highest BCUT2D eigenvalue weighted by Gasteiger charge is 2.48. The van der Waals surface area contributed by atoms with Gasteiger partial charge in [-0.05, 0) is 113 Å². The highest BCUT2D eigenvalue weighted by molar-refractivity contribution is 6.25. The van der Waals surface area contributed by atoms with Crippen molar-refractivity contribution >= 4 is 57.8 Å². The molecule has 15 nitrogen and oxygen atoms in total. The van der Waals surface area contributed by atoms with Crippen LogP contribution in [0.3, 0.4) is 0 Å². The molecule has 7 aliphatic rings. The van der Waals surface area contributed by atoms with Gasteiger partial charge in [-0.2, -0.15) is 5.10 Å². The number of nitrogens with zero attached hydrogens (tertiary/aromatic N) is 5. The van der Waals surface area contributed by atoms with Gasteiger partial charge < -0.3 is 29.6 Å². The van der Waals surface area contributed by atoms with Gasteiger partial charge in [0.15, 0.2) is 11.6 Å². The van der Waals surface area contributed by atoms with Crippen molar-refractivity contribution in [1.29, 1.82) is 0 Å². The van der Waals surface area contributed by atoms with Gasteiger partial charge in [0.2, 0.25) is 11.8 Å².